The summed E-state index contributed by atoms with van der Waals surface area (Å²) in [5.41, 5.74) is 2.47. The number of esters is 2. The standard InChI is InChI=1S/C21H29NO5S/c1-4-26-21(25)17-7-10-22(11-8-17)19(23)14-27-20(24)9-12-28-18-6-5-15(2)16(3)13-18/h5-6,13,17H,4,7-12,14H2,1-3H3. The van der Waals surface area contributed by atoms with Gasteiger partial charge in [-0.05, 0) is 56.9 Å². The first-order valence-electron chi connectivity index (χ1n) is 9.70. The first-order valence-corrected chi connectivity index (χ1v) is 10.7. The Bertz CT molecular complexity index is 698. The van der Waals surface area contributed by atoms with Crippen LogP contribution in [0.1, 0.15) is 37.3 Å². The molecule has 0 N–H and O–H groups in total. The zero-order valence-corrected chi connectivity index (χ0v) is 17.7. The Kier molecular flexibility index (Phi) is 8.83. The van der Waals surface area contributed by atoms with Crippen LogP contribution < -0.4 is 0 Å². The Labute approximate surface area is 170 Å². The van der Waals surface area contributed by atoms with Crippen LogP contribution in [0, 0.1) is 19.8 Å². The van der Waals surface area contributed by atoms with Crippen LogP contribution in [-0.2, 0) is 23.9 Å². The molecule has 1 heterocycles. The van der Waals surface area contributed by atoms with Gasteiger partial charge in [-0.25, -0.2) is 0 Å². The van der Waals surface area contributed by atoms with E-state index in [1.807, 2.05) is 6.07 Å². The van der Waals surface area contributed by atoms with Crippen LogP contribution in [0.3, 0.4) is 0 Å². The van der Waals surface area contributed by atoms with Crippen molar-refractivity contribution in [2.24, 2.45) is 5.92 Å². The Morgan fingerprint density at radius 3 is 2.46 bits per heavy atom. The minimum atomic E-state index is -0.369. The molecule has 0 saturated carbocycles. The average Bonchev–Trinajstić information content (AvgIpc) is 2.69. The molecule has 0 unspecified atom stereocenters. The normalized spacial score (nSPS) is 14.6. The highest BCUT2D eigenvalue weighted by Gasteiger charge is 2.28. The molecule has 6 nitrogen and oxygen atoms in total. The third kappa shape index (κ3) is 6.86. The average molecular weight is 408 g/mol. The van der Waals surface area contributed by atoms with Gasteiger partial charge in [-0.1, -0.05) is 6.07 Å². The molecule has 1 aromatic carbocycles. The zero-order chi connectivity index (χ0) is 20.5. The second-order valence-electron chi connectivity index (χ2n) is 6.91. The van der Waals surface area contributed by atoms with E-state index in [0.717, 1.165) is 4.90 Å². The van der Waals surface area contributed by atoms with E-state index in [1.165, 1.54) is 11.1 Å². The monoisotopic (exact) mass is 407 g/mol. The smallest absolute Gasteiger partial charge is 0.309 e. The molecule has 1 amide bonds. The fraction of sp³-hybridized carbons (Fsp3) is 0.571. The van der Waals surface area contributed by atoms with Crippen LogP contribution in [0.4, 0.5) is 0 Å². The van der Waals surface area contributed by atoms with Gasteiger partial charge < -0.3 is 14.4 Å². The number of carbonyl (C=O) groups is 3. The summed E-state index contributed by atoms with van der Waals surface area (Å²) in [5.74, 6) is -0.305. The molecule has 2 rings (SSSR count). The fourth-order valence-electron chi connectivity index (χ4n) is 2.99. The van der Waals surface area contributed by atoms with Crippen molar-refractivity contribution in [3.8, 4) is 0 Å². The summed E-state index contributed by atoms with van der Waals surface area (Å²) in [4.78, 5) is 38.6. The van der Waals surface area contributed by atoms with Gasteiger partial charge >= 0.3 is 11.9 Å². The lowest BCUT2D eigenvalue weighted by Crippen LogP contribution is -2.42. The fourth-order valence-corrected chi connectivity index (χ4v) is 3.92. The van der Waals surface area contributed by atoms with E-state index < -0.39 is 0 Å². The summed E-state index contributed by atoms with van der Waals surface area (Å²) in [6.07, 6.45) is 1.44. The second-order valence-corrected chi connectivity index (χ2v) is 8.08. The number of thioether (sulfide) groups is 1. The van der Waals surface area contributed by atoms with E-state index in [9.17, 15) is 14.4 Å². The molecule has 0 spiro atoms. The molecular weight excluding hydrogens is 378 g/mol. The number of ether oxygens (including phenoxy) is 2. The van der Waals surface area contributed by atoms with Crippen molar-refractivity contribution < 1.29 is 23.9 Å². The maximum Gasteiger partial charge on any atom is 0.309 e. The molecule has 0 aliphatic carbocycles. The summed E-state index contributed by atoms with van der Waals surface area (Å²) in [6, 6.07) is 6.22. The molecule has 1 aromatic rings. The van der Waals surface area contributed by atoms with Crippen molar-refractivity contribution in [2.75, 3.05) is 32.1 Å². The summed E-state index contributed by atoms with van der Waals surface area (Å²) >= 11 is 1.60. The Morgan fingerprint density at radius 1 is 1.11 bits per heavy atom. The van der Waals surface area contributed by atoms with Crippen molar-refractivity contribution in [3.05, 3.63) is 29.3 Å². The van der Waals surface area contributed by atoms with Crippen LogP contribution in [-0.4, -0.2) is 54.8 Å². The number of rotatable bonds is 8. The molecular formula is C21H29NO5S. The predicted octanol–water partition coefficient (Wildman–Crippen LogP) is 3.13. The largest absolute Gasteiger partial charge is 0.466 e. The number of likely N-dealkylation sites (tertiary alicyclic amines) is 1. The number of piperidine rings is 1. The molecule has 1 aliphatic rings. The summed E-state index contributed by atoms with van der Waals surface area (Å²) in [6.45, 7) is 7.02. The first-order chi connectivity index (χ1) is 13.4. The molecule has 0 aromatic heterocycles. The van der Waals surface area contributed by atoms with Crippen LogP contribution in [0.25, 0.3) is 0 Å². The third-order valence-corrected chi connectivity index (χ3v) is 5.87. The highest BCUT2D eigenvalue weighted by Crippen LogP contribution is 2.22. The van der Waals surface area contributed by atoms with Gasteiger partial charge in [-0.15, -0.1) is 11.8 Å². The summed E-state index contributed by atoms with van der Waals surface area (Å²) in [7, 11) is 0. The lowest BCUT2D eigenvalue weighted by Gasteiger charge is -2.30. The molecule has 0 atom stereocenters. The highest BCUT2D eigenvalue weighted by molar-refractivity contribution is 7.99. The number of carbonyl (C=O) groups excluding carboxylic acids is 3. The zero-order valence-electron chi connectivity index (χ0n) is 16.9. The Balaban J connectivity index is 1.63. The van der Waals surface area contributed by atoms with Crippen molar-refractivity contribution in [1.82, 2.24) is 4.90 Å². The van der Waals surface area contributed by atoms with Crippen molar-refractivity contribution in [3.63, 3.8) is 0 Å². The summed E-state index contributed by atoms with van der Waals surface area (Å²) < 4.78 is 10.1. The van der Waals surface area contributed by atoms with Crippen LogP contribution in [0.5, 0.6) is 0 Å². The van der Waals surface area contributed by atoms with Gasteiger partial charge in [0.2, 0.25) is 0 Å². The van der Waals surface area contributed by atoms with E-state index in [2.05, 4.69) is 26.0 Å². The lowest BCUT2D eigenvalue weighted by atomic mass is 9.97. The SMILES string of the molecule is CCOC(=O)C1CCN(C(=O)COC(=O)CCSc2ccc(C)c(C)c2)CC1. The maximum absolute atomic E-state index is 12.2. The summed E-state index contributed by atoms with van der Waals surface area (Å²) in [5, 5.41) is 0. The molecule has 1 aliphatic heterocycles. The van der Waals surface area contributed by atoms with Gasteiger partial charge in [0, 0.05) is 23.7 Å². The molecule has 28 heavy (non-hydrogen) atoms. The van der Waals surface area contributed by atoms with E-state index in [4.69, 9.17) is 9.47 Å². The second kappa shape index (κ2) is 11.1. The molecule has 0 bridgehead atoms. The van der Waals surface area contributed by atoms with E-state index in [-0.39, 0.29) is 36.8 Å². The number of aryl methyl sites for hydroxylation is 2. The van der Waals surface area contributed by atoms with Crippen LogP contribution >= 0.6 is 11.8 Å². The van der Waals surface area contributed by atoms with Crippen molar-refractivity contribution in [2.45, 2.75) is 44.9 Å². The number of hydrogen-bond donors (Lipinski definition) is 0. The van der Waals surface area contributed by atoms with E-state index in [1.54, 1.807) is 23.6 Å². The molecule has 1 saturated heterocycles. The highest BCUT2D eigenvalue weighted by atomic mass is 32.2. The maximum atomic E-state index is 12.2. The minimum absolute atomic E-state index is 0.144. The first kappa shape index (κ1) is 22.3. The predicted molar refractivity (Wildman–Crippen MR) is 108 cm³/mol. The lowest BCUT2D eigenvalue weighted by molar-refractivity contribution is -0.154. The van der Waals surface area contributed by atoms with Crippen molar-refractivity contribution in [1.29, 1.82) is 0 Å². The Hall–Kier alpha value is -2.02. The number of benzene rings is 1. The van der Waals surface area contributed by atoms with E-state index in [0.29, 0.717) is 38.3 Å². The van der Waals surface area contributed by atoms with Gasteiger partial charge in [0.05, 0.1) is 18.9 Å². The molecule has 154 valence electrons. The topological polar surface area (TPSA) is 72.9 Å². The number of nitrogens with zero attached hydrogens (tertiary/aromatic N) is 1. The van der Waals surface area contributed by atoms with Gasteiger partial charge in [-0.2, -0.15) is 0 Å². The minimum Gasteiger partial charge on any atom is -0.466 e. The molecule has 7 heteroatoms. The third-order valence-electron chi connectivity index (χ3n) is 4.88. The van der Waals surface area contributed by atoms with E-state index >= 15 is 0 Å². The number of amides is 1. The van der Waals surface area contributed by atoms with Crippen molar-refractivity contribution >= 4 is 29.6 Å². The molecule has 1 fully saturated rings. The Morgan fingerprint density at radius 2 is 1.82 bits per heavy atom. The number of hydrogen-bond acceptors (Lipinski definition) is 6. The van der Waals surface area contributed by atoms with Gasteiger partial charge in [0.1, 0.15) is 0 Å². The van der Waals surface area contributed by atoms with Crippen LogP contribution in [0.2, 0.25) is 0 Å². The van der Waals surface area contributed by atoms with Gasteiger partial charge in [0.15, 0.2) is 6.61 Å². The van der Waals surface area contributed by atoms with Gasteiger partial charge in [0.25, 0.3) is 5.91 Å². The quantitative estimate of drug-likeness (QED) is 0.487. The van der Waals surface area contributed by atoms with Gasteiger partial charge in [-0.3, -0.25) is 14.4 Å². The van der Waals surface area contributed by atoms with Crippen LogP contribution in [0.15, 0.2) is 23.1 Å². The molecule has 0 radical (unpaired) electrons.